The van der Waals surface area contributed by atoms with Gasteiger partial charge >= 0.3 is 6.18 Å². The molecule has 0 bridgehead atoms. The van der Waals surface area contributed by atoms with Crippen LogP contribution in [0.3, 0.4) is 0 Å². The van der Waals surface area contributed by atoms with E-state index in [9.17, 15) is 26.7 Å². The van der Waals surface area contributed by atoms with Gasteiger partial charge in [-0.3, -0.25) is 9.78 Å². The van der Waals surface area contributed by atoms with E-state index in [2.05, 4.69) is 15.6 Å². The van der Waals surface area contributed by atoms with Crippen LogP contribution in [0.5, 0.6) is 0 Å². The van der Waals surface area contributed by atoms with Gasteiger partial charge in [0, 0.05) is 17.6 Å². The zero-order chi connectivity index (χ0) is 20.3. The third-order valence-electron chi connectivity index (χ3n) is 3.69. The second-order valence-electron chi connectivity index (χ2n) is 5.68. The van der Waals surface area contributed by atoms with Crippen LogP contribution in [-0.2, 0) is 6.18 Å². The molecule has 1 heterocycles. The third-order valence-corrected chi connectivity index (χ3v) is 3.69. The van der Waals surface area contributed by atoms with Crippen LogP contribution >= 0.6 is 0 Å². The Morgan fingerprint density at radius 3 is 2.14 bits per heavy atom. The van der Waals surface area contributed by atoms with Gasteiger partial charge in [0.1, 0.15) is 23.0 Å². The molecular weight excluding hydrogens is 381 g/mol. The van der Waals surface area contributed by atoms with Gasteiger partial charge < -0.3 is 10.6 Å². The maximum Gasteiger partial charge on any atom is 0.416 e. The summed E-state index contributed by atoms with van der Waals surface area (Å²) < 4.78 is 65.1. The number of halogens is 5. The number of para-hydroxylation sites is 1. The van der Waals surface area contributed by atoms with E-state index in [1.54, 1.807) is 0 Å². The molecule has 1 amide bonds. The van der Waals surface area contributed by atoms with Crippen molar-refractivity contribution in [3.63, 3.8) is 0 Å². The van der Waals surface area contributed by atoms with Crippen molar-refractivity contribution in [1.29, 1.82) is 0 Å². The Balaban J connectivity index is 1.76. The number of benzene rings is 2. The average Bonchev–Trinajstić information content (AvgIpc) is 2.64. The molecule has 3 rings (SSSR count). The van der Waals surface area contributed by atoms with Gasteiger partial charge in [0.05, 0.1) is 5.56 Å². The van der Waals surface area contributed by atoms with E-state index in [1.807, 2.05) is 0 Å². The lowest BCUT2D eigenvalue weighted by atomic mass is 10.2. The highest BCUT2D eigenvalue weighted by molar-refractivity contribution is 6.03. The molecule has 2 aromatic carbocycles. The fourth-order valence-corrected chi connectivity index (χ4v) is 2.34. The minimum absolute atomic E-state index is 0.139. The van der Waals surface area contributed by atoms with Crippen LogP contribution in [0.15, 0.2) is 60.8 Å². The molecule has 144 valence electrons. The summed E-state index contributed by atoms with van der Waals surface area (Å²) in [6.07, 6.45) is -3.17. The first-order valence-corrected chi connectivity index (χ1v) is 7.90. The van der Waals surface area contributed by atoms with Crippen LogP contribution in [0, 0.1) is 11.6 Å². The maximum absolute atomic E-state index is 13.6. The Labute approximate surface area is 156 Å². The van der Waals surface area contributed by atoms with Crippen LogP contribution in [0.1, 0.15) is 16.1 Å². The fraction of sp³-hybridized carbons (Fsp3) is 0.0526. The molecule has 2 N–H and O–H groups in total. The summed E-state index contributed by atoms with van der Waals surface area (Å²) in [6.45, 7) is 0. The number of amides is 1. The zero-order valence-corrected chi connectivity index (χ0v) is 14.0. The smallest absolute Gasteiger partial charge is 0.355 e. The van der Waals surface area contributed by atoms with Crippen LogP contribution in [0.4, 0.5) is 39.0 Å². The number of alkyl halides is 3. The van der Waals surface area contributed by atoms with Crippen molar-refractivity contribution in [2.24, 2.45) is 0 Å². The molecule has 0 radical (unpaired) electrons. The van der Waals surface area contributed by atoms with Crippen LogP contribution in [0.25, 0.3) is 0 Å². The predicted molar refractivity (Wildman–Crippen MR) is 93.3 cm³/mol. The largest absolute Gasteiger partial charge is 0.416 e. The van der Waals surface area contributed by atoms with Gasteiger partial charge in [-0.25, -0.2) is 8.78 Å². The van der Waals surface area contributed by atoms with Crippen molar-refractivity contribution < 1.29 is 26.7 Å². The van der Waals surface area contributed by atoms with Crippen molar-refractivity contribution in [3.05, 3.63) is 83.7 Å². The number of aromatic nitrogens is 1. The predicted octanol–water partition coefficient (Wildman–Crippen LogP) is 5.37. The lowest BCUT2D eigenvalue weighted by Gasteiger charge is -2.11. The van der Waals surface area contributed by atoms with E-state index in [0.29, 0.717) is 11.4 Å². The Hall–Kier alpha value is -3.49. The molecule has 3 aromatic rings. The third kappa shape index (κ3) is 4.43. The molecule has 0 aliphatic rings. The molecule has 0 spiro atoms. The van der Waals surface area contributed by atoms with Gasteiger partial charge in [0.2, 0.25) is 0 Å². The Morgan fingerprint density at radius 2 is 1.54 bits per heavy atom. The summed E-state index contributed by atoms with van der Waals surface area (Å²) in [5.41, 5.74) is -0.825. The molecule has 28 heavy (non-hydrogen) atoms. The molecule has 0 fully saturated rings. The molecule has 4 nitrogen and oxygen atoms in total. The number of nitrogens with zero attached hydrogens (tertiary/aromatic N) is 1. The molecule has 0 atom stereocenters. The van der Waals surface area contributed by atoms with Crippen LogP contribution in [0.2, 0.25) is 0 Å². The second-order valence-corrected chi connectivity index (χ2v) is 5.68. The van der Waals surface area contributed by atoms with Crippen LogP contribution in [-0.4, -0.2) is 10.9 Å². The van der Waals surface area contributed by atoms with E-state index in [4.69, 9.17) is 0 Å². The van der Waals surface area contributed by atoms with Gasteiger partial charge in [-0.2, -0.15) is 13.2 Å². The average molecular weight is 393 g/mol. The van der Waals surface area contributed by atoms with Crippen molar-refractivity contribution in [2.75, 3.05) is 10.6 Å². The quantitative estimate of drug-likeness (QED) is 0.586. The number of hydrogen-bond acceptors (Lipinski definition) is 3. The van der Waals surface area contributed by atoms with Crippen LogP contribution < -0.4 is 10.6 Å². The maximum atomic E-state index is 13.6. The topological polar surface area (TPSA) is 54.0 Å². The fourth-order valence-electron chi connectivity index (χ4n) is 2.34. The highest BCUT2D eigenvalue weighted by Crippen LogP contribution is 2.30. The molecule has 0 saturated heterocycles. The van der Waals surface area contributed by atoms with Gasteiger partial charge in [0.25, 0.3) is 5.91 Å². The monoisotopic (exact) mass is 393 g/mol. The number of rotatable bonds is 4. The van der Waals surface area contributed by atoms with Gasteiger partial charge in [-0.1, -0.05) is 6.07 Å². The highest BCUT2D eigenvalue weighted by atomic mass is 19.4. The normalized spacial score (nSPS) is 11.2. The summed E-state index contributed by atoms with van der Waals surface area (Å²) >= 11 is 0. The Kier molecular flexibility index (Phi) is 5.25. The summed E-state index contributed by atoms with van der Waals surface area (Å²) in [6, 6.07) is 10.2. The van der Waals surface area contributed by atoms with E-state index >= 15 is 0 Å². The van der Waals surface area contributed by atoms with Crippen molar-refractivity contribution in [3.8, 4) is 0 Å². The Morgan fingerprint density at radius 1 is 0.893 bits per heavy atom. The number of anilines is 3. The molecule has 0 unspecified atom stereocenters. The summed E-state index contributed by atoms with van der Waals surface area (Å²) in [5.74, 6) is -2.72. The van der Waals surface area contributed by atoms with Crippen molar-refractivity contribution in [1.82, 2.24) is 4.98 Å². The molecular formula is C19H12F5N3O. The van der Waals surface area contributed by atoms with Gasteiger partial charge in [-0.15, -0.1) is 0 Å². The number of pyridine rings is 1. The van der Waals surface area contributed by atoms with Gasteiger partial charge in [-0.05, 0) is 48.5 Å². The lowest BCUT2D eigenvalue weighted by Crippen LogP contribution is -2.16. The van der Waals surface area contributed by atoms with Gasteiger partial charge in [0.15, 0.2) is 0 Å². The minimum Gasteiger partial charge on any atom is -0.355 e. The lowest BCUT2D eigenvalue weighted by molar-refractivity contribution is -0.137. The number of hydrogen-bond donors (Lipinski definition) is 2. The van der Waals surface area contributed by atoms with E-state index in [0.717, 1.165) is 30.3 Å². The van der Waals surface area contributed by atoms with Crippen molar-refractivity contribution >= 4 is 23.0 Å². The minimum atomic E-state index is -4.44. The van der Waals surface area contributed by atoms with E-state index in [-0.39, 0.29) is 5.69 Å². The number of carbonyl (C=O) groups is 1. The number of nitrogens with one attached hydrogen (secondary N) is 2. The molecule has 1 aromatic heterocycles. The molecule has 0 saturated carbocycles. The molecule has 0 aliphatic carbocycles. The molecule has 9 heteroatoms. The number of carbonyl (C=O) groups excluding carboxylic acids is 1. The first-order valence-electron chi connectivity index (χ1n) is 7.90. The zero-order valence-electron chi connectivity index (χ0n) is 14.0. The standard InChI is InChI=1S/C19H12F5N3O/c20-14-2-1-3-15(21)17(14)27-18(28)16-10-13(8-9-25-16)26-12-6-4-11(5-7-12)19(22,23)24/h1-10H,(H,25,26)(H,27,28). The first kappa shape index (κ1) is 19.3. The SMILES string of the molecule is O=C(Nc1c(F)cccc1F)c1cc(Nc2ccc(C(F)(F)F)cc2)ccn1. The first-order chi connectivity index (χ1) is 13.2. The highest BCUT2D eigenvalue weighted by Gasteiger charge is 2.29. The molecule has 0 aliphatic heterocycles. The second kappa shape index (κ2) is 7.63. The summed E-state index contributed by atoms with van der Waals surface area (Å²) in [5, 5.41) is 4.93. The Bertz CT molecular complexity index is 983. The van der Waals surface area contributed by atoms with E-state index < -0.39 is 35.0 Å². The van der Waals surface area contributed by atoms with Crippen molar-refractivity contribution in [2.45, 2.75) is 6.18 Å². The van der Waals surface area contributed by atoms with E-state index in [1.165, 1.54) is 30.5 Å². The summed E-state index contributed by atoms with van der Waals surface area (Å²) in [7, 11) is 0. The summed E-state index contributed by atoms with van der Waals surface area (Å²) in [4.78, 5) is 16.1.